The molecule has 1 fully saturated rings. The minimum absolute atomic E-state index is 0.620. The number of hydrogen-bond acceptors (Lipinski definition) is 5. The first-order valence-electron chi connectivity index (χ1n) is 11.2. The van der Waals surface area contributed by atoms with Gasteiger partial charge in [0, 0.05) is 24.4 Å². The Hall–Kier alpha value is -2.21. The van der Waals surface area contributed by atoms with Gasteiger partial charge in [0.25, 0.3) is 0 Å². The summed E-state index contributed by atoms with van der Waals surface area (Å²) < 4.78 is 5.85. The highest BCUT2D eigenvalue weighted by Crippen LogP contribution is 2.37. The summed E-state index contributed by atoms with van der Waals surface area (Å²) in [4.78, 5) is 8.47. The largest absolute Gasteiger partial charge is 0.493 e. The van der Waals surface area contributed by atoms with Gasteiger partial charge >= 0.3 is 0 Å². The van der Waals surface area contributed by atoms with Crippen molar-refractivity contribution in [3.63, 3.8) is 0 Å². The second-order valence-electron chi connectivity index (χ2n) is 8.53. The van der Waals surface area contributed by atoms with Crippen LogP contribution in [0.3, 0.4) is 0 Å². The fourth-order valence-electron chi connectivity index (χ4n) is 4.21. The number of rotatable bonds is 7. The van der Waals surface area contributed by atoms with Crippen LogP contribution in [0.1, 0.15) is 46.0 Å². The van der Waals surface area contributed by atoms with Gasteiger partial charge in [-0.2, -0.15) is 0 Å². The van der Waals surface area contributed by atoms with Crippen LogP contribution in [0.4, 0.5) is 0 Å². The van der Waals surface area contributed by atoms with Crippen molar-refractivity contribution >= 4 is 11.3 Å². The minimum atomic E-state index is -0.825. The Morgan fingerprint density at radius 1 is 1.03 bits per heavy atom. The average molecular weight is 437 g/mol. The number of ether oxygens (including phenoxy) is 1. The highest BCUT2D eigenvalue weighted by atomic mass is 32.1. The molecule has 31 heavy (non-hydrogen) atoms. The molecule has 4 nitrogen and oxygen atoms in total. The Kier molecular flexibility index (Phi) is 7.06. The van der Waals surface area contributed by atoms with Crippen molar-refractivity contribution in [2.45, 2.75) is 51.7 Å². The van der Waals surface area contributed by atoms with Crippen LogP contribution in [0, 0.1) is 13.8 Å². The molecule has 164 valence electrons. The quantitative estimate of drug-likeness (QED) is 0.549. The number of hydrogen-bond donors (Lipinski definition) is 1. The van der Waals surface area contributed by atoms with E-state index in [2.05, 4.69) is 36.1 Å². The van der Waals surface area contributed by atoms with E-state index in [0.29, 0.717) is 6.61 Å². The van der Waals surface area contributed by atoms with Crippen molar-refractivity contribution in [1.82, 2.24) is 9.88 Å². The minimum Gasteiger partial charge on any atom is -0.493 e. The SMILES string of the molecule is Cc1ccccc1CN1CCC[C@@](O)(c2nc(C)c(CCOc3ccccc3)s2)CC1. The number of para-hydroxylation sites is 1. The summed E-state index contributed by atoms with van der Waals surface area (Å²) in [6.45, 7) is 7.68. The highest BCUT2D eigenvalue weighted by Gasteiger charge is 2.35. The van der Waals surface area contributed by atoms with Crippen molar-refractivity contribution in [2.24, 2.45) is 0 Å². The third-order valence-electron chi connectivity index (χ3n) is 6.19. The maximum absolute atomic E-state index is 11.5. The Balaban J connectivity index is 1.37. The molecule has 1 aliphatic heterocycles. The van der Waals surface area contributed by atoms with E-state index in [1.54, 1.807) is 11.3 Å². The zero-order valence-electron chi connectivity index (χ0n) is 18.5. The first-order chi connectivity index (χ1) is 15.0. The van der Waals surface area contributed by atoms with Gasteiger partial charge in [0.2, 0.25) is 0 Å². The lowest BCUT2D eigenvalue weighted by atomic mass is 9.96. The first kappa shape index (κ1) is 22.0. The fraction of sp³-hybridized carbons (Fsp3) is 0.423. The van der Waals surface area contributed by atoms with Gasteiger partial charge in [-0.25, -0.2) is 4.98 Å². The maximum Gasteiger partial charge on any atom is 0.125 e. The van der Waals surface area contributed by atoms with Crippen LogP contribution < -0.4 is 4.74 Å². The summed E-state index contributed by atoms with van der Waals surface area (Å²) >= 11 is 1.66. The van der Waals surface area contributed by atoms with Crippen LogP contribution in [-0.4, -0.2) is 34.7 Å². The molecule has 1 atom stereocenters. The molecule has 1 saturated heterocycles. The van der Waals surface area contributed by atoms with Crippen molar-refractivity contribution in [2.75, 3.05) is 19.7 Å². The first-order valence-corrected chi connectivity index (χ1v) is 12.0. The van der Waals surface area contributed by atoms with Gasteiger partial charge in [0.15, 0.2) is 0 Å². The summed E-state index contributed by atoms with van der Waals surface area (Å²) in [7, 11) is 0. The van der Waals surface area contributed by atoms with Gasteiger partial charge < -0.3 is 9.84 Å². The number of aromatic nitrogens is 1. The molecule has 0 amide bonds. The zero-order valence-corrected chi connectivity index (χ0v) is 19.3. The van der Waals surface area contributed by atoms with Crippen LogP contribution in [0.2, 0.25) is 0 Å². The number of benzene rings is 2. The van der Waals surface area contributed by atoms with E-state index >= 15 is 0 Å². The van der Waals surface area contributed by atoms with Crippen LogP contribution in [0.5, 0.6) is 5.75 Å². The van der Waals surface area contributed by atoms with Crippen molar-refractivity contribution < 1.29 is 9.84 Å². The lowest BCUT2D eigenvalue weighted by Crippen LogP contribution is -2.29. The molecule has 0 unspecified atom stereocenters. The van der Waals surface area contributed by atoms with Gasteiger partial charge in [0.05, 0.1) is 12.3 Å². The van der Waals surface area contributed by atoms with Crippen molar-refractivity contribution in [3.8, 4) is 5.75 Å². The molecule has 4 rings (SSSR count). The predicted molar refractivity (Wildman–Crippen MR) is 127 cm³/mol. The van der Waals surface area contributed by atoms with E-state index in [1.165, 1.54) is 16.0 Å². The normalized spacial score (nSPS) is 19.8. The van der Waals surface area contributed by atoms with E-state index < -0.39 is 5.60 Å². The molecule has 2 aromatic carbocycles. The smallest absolute Gasteiger partial charge is 0.125 e. The van der Waals surface area contributed by atoms with Gasteiger partial charge in [-0.15, -0.1) is 11.3 Å². The highest BCUT2D eigenvalue weighted by molar-refractivity contribution is 7.11. The number of nitrogens with zero attached hydrogens (tertiary/aromatic N) is 2. The molecule has 1 aromatic heterocycles. The molecule has 5 heteroatoms. The van der Waals surface area contributed by atoms with Gasteiger partial charge in [-0.3, -0.25) is 4.90 Å². The molecule has 2 heterocycles. The number of aliphatic hydroxyl groups is 1. The fourth-order valence-corrected chi connectivity index (χ4v) is 5.40. The molecule has 0 spiro atoms. The molecular formula is C26H32N2O2S. The van der Waals surface area contributed by atoms with Gasteiger partial charge in [-0.05, 0) is 62.9 Å². The predicted octanol–water partition coefficient (Wildman–Crippen LogP) is 5.26. The maximum atomic E-state index is 11.5. The van der Waals surface area contributed by atoms with E-state index in [1.807, 2.05) is 37.3 Å². The van der Waals surface area contributed by atoms with Crippen LogP contribution in [0.15, 0.2) is 54.6 Å². The lowest BCUT2D eigenvalue weighted by molar-refractivity contribution is 0.0207. The van der Waals surface area contributed by atoms with E-state index in [-0.39, 0.29) is 0 Å². The Labute approximate surface area is 189 Å². The third kappa shape index (κ3) is 5.53. The van der Waals surface area contributed by atoms with Crippen LogP contribution >= 0.6 is 11.3 Å². The second-order valence-corrected chi connectivity index (χ2v) is 9.61. The summed E-state index contributed by atoms with van der Waals surface area (Å²) in [6.07, 6.45) is 3.29. The standard InChI is InChI=1S/C26H32N2O2S/c1-20-9-6-7-10-22(20)19-28-16-8-14-26(29,15-17-28)25-27-21(2)24(31-25)13-18-30-23-11-4-3-5-12-23/h3-7,9-12,29H,8,13-19H2,1-2H3/t26-/m0/s1. The van der Waals surface area contributed by atoms with Crippen molar-refractivity contribution in [3.05, 3.63) is 81.3 Å². The molecule has 0 bridgehead atoms. The Morgan fingerprint density at radius 3 is 2.61 bits per heavy atom. The monoisotopic (exact) mass is 436 g/mol. The van der Waals surface area contributed by atoms with Crippen LogP contribution in [-0.2, 0) is 18.6 Å². The van der Waals surface area contributed by atoms with Gasteiger partial charge in [-0.1, -0.05) is 42.5 Å². The zero-order chi connectivity index (χ0) is 21.7. The van der Waals surface area contributed by atoms with Crippen molar-refractivity contribution in [1.29, 1.82) is 0 Å². The summed E-state index contributed by atoms with van der Waals surface area (Å²) in [6, 6.07) is 18.5. The van der Waals surface area contributed by atoms with Crippen LogP contribution in [0.25, 0.3) is 0 Å². The molecular weight excluding hydrogens is 404 g/mol. The number of thiazole rings is 1. The molecule has 0 aliphatic carbocycles. The topological polar surface area (TPSA) is 45.6 Å². The Bertz CT molecular complexity index is 988. The molecule has 3 aromatic rings. The molecule has 1 aliphatic rings. The Morgan fingerprint density at radius 2 is 1.81 bits per heavy atom. The second kappa shape index (κ2) is 9.94. The average Bonchev–Trinajstić information content (AvgIpc) is 3.04. The van der Waals surface area contributed by atoms with E-state index in [4.69, 9.17) is 9.72 Å². The van der Waals surface area contributed by atoms with E-state index in [9.17, 15) is 5.11 Å². The molecule has 0 radical (unpaired) electrons. The summed E-state index contributed by atoms with van der Waals surface area (Å²) in [5.41, 5.74) is 2.90. The molecule has 0 saturated carbocycles. The summed E-state index contributed by atoms with van der Waals surface area (Å²) in [5.74, 6) is 0.890. The third-order valence-corrected chi connectivity index (χ3v) is 7.60. The number of likely N-dealkylation sites (tertiary alicyclic amines) is 1. The lowest BCUT2D eigenvalue weighted by Gasteiger charge is -2.25. The van der Waals surface area contributed by atoms with Gasteiger partial charge in [0.1, 0.15) is 16.4 Å². The summed E-state index contributed by atoms with van der Waals surface area (Å²) in [5, 5.41) is 12.4. The number of aryl methyl sites for hydroxylation is 2. The van der Waals surface area contributed by atoms with E-state index in [0.717, 1.165) is 61.8 Å². The molecule has 1 N–H and O–H groups in total.